The first kappa shape index (κ1) is 74.4. The van der Waals surface area contributed by atoms with E-state index in [9.17, 15) is 9.59 Å². The highest BCUT2D eigenvalue weighted by Crippen LogP contribution is 2.28. The fraction of sp³-hybridized carbons (Fsp3) is 0.206. The number of phenolic OH excluding ortho intramolecular Hbond substituents is 1. The number of ether oxygens (including phenoxy) is 4. The molecule has 6 N–H and O–H groups in total. The van der Waals surface area contributed by atoms with Crippen LogP contribution in [0.2, 0.25) is 0 Å². The molecule has 14 nitrogen and oxygen atoms in total. The Hall–Kier alpha value is -7.64. The van der Waals surface area contributed by atoms with Crippen molar-refractivity contribution in [1.82, 2.24) is 0 Å². The number of aromatic carboxylic acids is 1. The van der Waals surface area contributed by atoms with Crippen LogP contribution in [-0.2, 0) is 43.6 Å². The standard InChI is InChI=1S/C18H18O3.C9H10.C8H7BrO3.2C7H8O.C6H7Br.C4H9BO2.2C2H4O2/c1-3-13(2)16-11-15(18(19)20)9-10-17(16)21-12-14-7-5-4-6-8-14;1-2-6-9-7-4-3-5-8-9;1-12-8(11)5-2-3-7(10)6(9)4-5;2*8-6-7-4-2-1-3-5-7;7-6-4-2-1-3-5-6;1-3-4(2)5(6)7;2*1-4-2-3/h3-11H,12H2,1-2H3,(H,19,20);2-8H,1H3;2-4,10H,1H3;2*1-5,8H,6H2;2,4-5H,1,3H2;3,6-7H,1-2H3;2*2H,1H3/b13-3-;6-2-;;;;;4-3-;;. The lowest BCUT2D eigenvalue weighted by Gasteiger charge is -2.13. The van der Waals surface area contributed by atoms with Gasteiger partial charge in [0.05, 0.1) is 50.1 Å². The van der Waals surface area contributed by atoms with Crippen molar-refractivity contribution in [3.63, 3.8) is 0 Å². The SMILES string of the molecule is BrC1=CCCC=C1.C/C=C(/C)B(O)O.C/C=C(/C)c1cc(C(=O)O)ccc1OCc1ccccc1.C/C=C\c1ccccc1.COC(=O)c1ccc(O)c(Br)c1.COC=O.COC=O.OCc1ccccc1.OCc1ccccc1. The Labute approximate surface area is 489 Å². The zero-order valence-corrected chi connectivity index (χ0v) is 49.7. The van der Waals surface area contributed by atoms with Crippen molar-refractivity contribution in [2.24, 2.45) is 0 Å². The van der Waals surface area contributed by atoms with Gasteiger partial charge in [0.1, 0.15) is 18.1 Å². The van der Waals surface area contributed by atoms with E-state index in [4.69, 9.17) is 44.8 Å². The number of halogens is 2. The number of hydrogen-bond acceptors (Lipinski definition) is 13. The molecule has 0 spiro atoms. The molecule has 0 unspecified atom stereocenters. The minimum atomic E-state index is -1.27. The van der Waals surface area contributed by atoms with E-state index >= 15 is 0 Å². The van der Waals surface area contributed by atoms with Gasteiger partial charge in [-0.15, -0.1) is 0 Å². The number of phenols is 1. The van der Waals surface area contributed by atoms with Gasteiger partial charge in [0.25, 0.3) is 12.9 Å². The molecule has 80 heavy (non-hydrogen) atoms. The van der Waals surface area contributed by atoms with Crippen molar-refractivity contribution in [3.05, 3.63) is 248 Å². The lowest BCUT2D eigenvalue weighted by molar-refractivity contribution is -0.126. The van der Waals surface area contributed by atoms with Crippen LogP contribution in [0.15, 0.2) is 209 Å². The lowest BCUT2D eigenvalue weighted by Crippen LogP contribution is -2.12. The third-order valence-electron chi connectivity index (χ3n) is 9.90. The summed E-state index contributed by atoms with van der Waals surface area (Å²) in [6, 6.07) is 48.5. The quantitative estimate of drug-likeness (QED) is 0.0290. The van der Waals surface area contributed by atoms with Crippen LogP contribution in [0.1, 0.15) is 96.0 Å². The molecule has 0 radical (unpaired) electrons. The van der Waals surface area contributed by atoms with Crippen LogP contribution >= 0.6 is 31.9 Å². The number of hydrogen-bond donors (Lipinski definition) is 6. The van der Waals surface area contributed by atoms with E-state index in [0.717, 1.165) is 27.8 Å². The fourth-order valence-electron chi connectivity index (χ4n) is 5.39. The van der Waals surface area contributed by atoms with Crippen molar-refractivity contribution >= 4 is 75.5 Å². The molecule has 0 heterocycles. The van der Waals surface area contributed by atoms with E-state index in [1.54, 1.807) is 38.1 Å². The van der Waals surface area contributed by atoms with Crippen LogP contribution in [0, 0.1) is 0 Å². The molecule has 0 fully saturated rings. The van der Waals surface area contributed by atoms with Crippen molar-refractivity contribution < 1.29 is 68.6 Å². The van der Waals surface area contributed by atoms with Crippen LogP contribution in [0.5, 0.6) is 11.5 Å². The normalized spacial score (nSPS) is 10.6. The third kappa shape index (κ3) is 38.0. The van der Waals surface area contributed by atoms with Gasteiger partial charge < -0.3 is 49.4 Å². The molecule has 0 aromatic heterocycles. The highest BCUT2D eigenvalue weighted by molar-refractivity contribution is 9.12. The smallest absolute Gasteiger partial charge is 0.483 e. The molecule has 7 rings (SSSR count). The first-order valence-electron chi connectivity index (χ1n) is 24.6. The second-order valence-corrected chi connectivity index (χ2v) is 17.5. The summed E-state index contributed by atoms with van der Waals surface area (Å²) in [4.78, 5) is 39.9. The third-order valence-corrected chi connectivity index (χ3v) is 11.1. The topological polar surface area (TPSA) is 227 Å². The molecule has 0 atom stereocenters. The molecule has 0 aliphatic heterocycles. The first-order valence-corrected chi connectivity index (χ1v) is 26.2. The van der Waals surface area contributed by atoms with Crippen LogP contribution in [0.3, 0.4) is 0 Å². The highest BCUT2D eigenvalue weighted by atomic mass is 79.9. The van der Waals surface area contributed by atoms with Gasteiger partial charge in [-0.2, -0.15) is 0 Å². The summed E-state index contributed by atoms with van der Waals surface area (Å²) in [5, 5.41) is 51.9. The van der Waals surface area contributed by atoms with Crippen LogP contribution in [0.25, 0.3) is 11.6 Å². The first-order chi connectivity index (χ1) is 38.5. The molecule has 6 aromatic carbocycles. The molecule has 0 bridgehead atoms. The largest absolute Gasteiger partial charge is 0.507 e. The van der Waals surface area contributed by atoms with Gasteiger partial charge in [-0.05, 0) is 133 Å². The molecule has 428 valence electrons. The van der Waals surface area contributed by atoms with Gasteiger partial charge in [0.2, 0.25) is 0 Å². The average Bonchev–Trinajstić information content (AvgIpc) is 3.51. The second-order valence-electron chi connectivity index (χ2n) is 15.8. The Morgan fingerprint density at radius 2 is 1.11 bits per heavy atom. The summed E-state index contributed by atoms with van der Waals surface area (Å²) in [6.07, 6.45) is 16.6. The Morgan fingerprint density at radius 3 is 1.44 bits per heavy atom. The summed E-state index contributed by atoms with van der Waals surface area (Å²) >= 11 is 6.45. The molecule has 6 aromatic rings. The van der Waals surface area contributed by atoms with Gasteiger partial charge in [0, 0.05) is 10.0 Å². The maximum atomic E-state index is 11.1. The van der Waals surface area contributed by atoms with Crippen molar-refractivity contribution in [2.45, 2.75) is 67.3 Å². The maximum absolute atomic E-state index is 11.1. The number of carboxylic acid groups (broad SMARTS) is 1. The van der Waals surface area contributed by atoms with E-state index in [0.29, 0.717) is 40.8 Å². The Balaban J connectivity index is 0. The van der Waals surface area contributed by atoms with Gasteiger partial charge in [-0.25, -0.2) is 9.59 Å². The Morgan fingerprint density at radius 1 is 0.637 bits per heavy atom. The van der Waals surface area contributed by atoms with Crippen LogP contribution < -0.4 is 4.74 Å². The summed E-state index contributed by atoms with van der Waals surface area (Å²) in [7, 11) is 2.66. The number of esters is 1. The minimum absolute atomic E-state index is 0.0997. The minimum Gasteiger partial charge on any atom is -0.507 e. The molecule has 0 amide bonds. The Bertz CT molecular complexity index is 2690. The van der Waals surface area contributed by atoms with Crippen molar-refractivity contribution in [1.29, 1.82) is 0 Å². The number of carboxylic acids is 1. The molecule has 0 saturated carbocycles. The number of methoxy groups -OCH3 is 3. The monoisotopic (exact) mass is 1220 g/mol. The maximum Gasteiger partial charge on any atom is 0.483 e. The summed E-state index contributed by atoms with van der Waals surface area (Å²) < 4.78 is 19.8. The van der Waals surface area contributed by atoms with Gasteiger partial charge in [-0.1, -0.05) is 180 Å². The summed E-state index contributed by atoms with van der Waals surface area (Å²) in [5.74, 6) is -0.562. The van der Waals surface area contributed by atoms with Crippen LogP contribution in [-0.4, -0.2) is 83.8 Å². The number of aliphatic hydroxyl groups is 2. The van der Waals surface area contributed by atoms with E-state index in [-0.39, 0.29) is 24.5 Å². The van der Waals surface area contributed by atoms with E-state index in [1.807, 2.05) is 142 Å². The zero-order chi connectivity index (χ0) is 60.4. The van der Waals surface area contributed by atoms with Crippen molar-refractivity contribution in [3.8, 4) is 11.5 Å². The number of aliphatic hydroxyl groups excluding tert-OH is 2. The van der Waals surface area contributed by atoms with Gasteiger partial charge in [-0.3, -0.25) is 9.59 Å². The van der Waals surface area contributed by atoms with E-state index in [2.05, 4.69) is 82.5 Å². The number of carbonyl (C=O) groups is 4. The van der Waals surface area contributed by atoms with Gasteiger partial charge >= 0.3 is 19.1 Å². The van der Waals surface area contributed by atoms with Gasteiger partial charge in [0.15, 0.2) is 0 Å². The number of carbonyl (C=O) groups excluding carboxylic acids is 3. The number of aromatic hydroxyl groups is 1. The lowest BCUT2D eigenvalue weighted by atomic mass is 9.81. The summed E-state index contributed by atoms with van der Waals surface area (Å²) in [5.41, 5.74) is 7.32. The molecular weight excluding hydrogens is 1150 g/mol. The zero-order valence-electron chi connectivity index (χ0n) is 46.5. The van der Waals surface area contributed by atoms with Crippen LogP contribution in [0.4, 0.5) is 0 Å². The number of rotatable bonds is 12. The summed E-state index contributed by atoms with van der Waals surface area (Å²) in [6.45, 7) is 10.8. The molecule has 17 heteroatoms. The molecular formula is C63H75BBr2O14. The second kappa shape index (κ2) is 49.6. The predicted octanol–water partition coefficient (Wildman–Crippen LogP) is 13.6. The number of benzene rings is 6. The van der Waals surface area contributed by atoms with Crippen molar-refractivity contribution in [2.75, 3.05) is 21.3 Å². The molecule has 1 aliphatic carbocycles. The number of allylic oxidation sites excluding steroid dienone is 9. The van der Waals surface area contributed by atoms with E-state index in [1.165, 1.54) is 62.4 Å². The van der Waals surface area contributed by atoms with E-state index < -0.39 is 19.1 Å². The highest BCUT2D eigenvalue weighted by Gasteiger charge is 2.11. The fourth-order valence-corrected chi connectivity index (χ4v) is 6.19. The molecule has 1 aliphatic rings. The average molecular weight is 1230 g/mol. The Kier molecular flexibility index (Phi) is 46.2. The molecule has 0 saturated heterocycles. The predicted molar refractivity (Wildman–Crippen MR) is 328 cm³/mol.